The van der Waals surface area contributed by atoms with Gasteiger partial charge in [0, 0.05) is 22.1 Å². The highest BCUT2D eigenvalue weighted by Crippen LogP contribution is 2.33. The van der Waals surface area contributed by atoms with Gasteiger partial charge in [0.25, 0.3) is 5.69 Å². The zero-order valence-corrected chi connectivity index (χ0v) is 13.0. The first kappa shape index (κ1) is 15.5. The van der Waals surface area contributed by atoms with E-state index in [-0.39, 0.29) is 11.7 Å². The number of hydrogen-bond acceptors (Lipinski definition) is 4. The SMILES string of the molecule is CCC(N)c1ccccc1Oc1cc(Br)cc([N+](=O)[O-])c1. The number of halogens is 1. The maximum absolute atomic E-state index is 10.9. The minimum Gasteiger partial charge on any atom is -0.457 e. The van der Waals surface area contributed by atoms with E-state index in [0.717, 1.165) is 12.0 Å². The summed E-state index contributed by atoms with van der Waals surface area (Å²) in [5, 5.41) is 10.9. The highest BCUT2D eigenvalue weighted by Gasteiger charge is 2.13. The number of non-ortho nitro benzene ring substituents is 1. The summed E-state index contributed by atoms with van der Waals surface area (Å²) in [7, 11) is 0. The molecule has 0 bridgehead atoms. The van der Waals surface area contributed by atoms with Crippen LogP contribution in [0.2, 0.25) is 0 Å². The van der Waals surface area contributed by atoms with Crippen LogP contribution in [-0.2, 0) is 0 Å². The predicted molar refractivity (Wildman–Crippen MR) is 84.5 cm³/mol. The van der Waals surface area contributed by atoms with Crippen molar-refractivity contribution in [1.82, 2.24) is 0 Å². The Morgan fingerprint density at radius 1 is 1.33 bits per heavy atom. The van der Waals surface area contributed by atoms with Crippen molar-refractivity contribution >= 4 is 21.6 Å². The molecule has 0 aromatic heterocycles. The molecule has 0 aliphatic rings. The molecule has 1 atom stereocenters. The van der Waals surface area contributed by atoms with Crippen LogP contribution in [0.5, 0.6) is 11.5 Å². The zero-order chi connectivity index (χ0) is 15.4. The van der Waals surface area contributed by atoms with Gasteiger partial charge in [-0.15, -0.1) is 0 Å². The van der Waals surface area contributed by atoms with Crippen molar-refractivity contribution in [2.75, 3.05) is 0 Å². The second-order valence-electron chi connectivity index (χ2n) is 4.56. The Kier molecular flexibility index (Phi) is 4.93. The molecule has 0 spiro atoms. The third kappa shape index (κ3) is 3.80. The number of nitrogens with zero attached hydrogens (tertiary/aromatic N) is 1. The minimum atomic E-state index is -0.457. The number of nitro groups is 1. The number of hydrogen-bond donors (Lipinski definition) is 1. The summed E-state index contributed by atoms with van der Waals surface area (Å²) < 4.78 is 6.38. The van der Waals surface area contributed by atoms with Crippen LogP contribution >= 0.6 is 15.9 Å². The van der Waals surface area contributed by atoms with E-state index >= 15 is 0 Å². The summed E-state index contributed by atoms with van der Waals surface area (Å²) >= 11 is 3.25. The van der Waals surface area contributed by atoms with Crippen LogP contribution in [0.1, 0.15) is 24.9 Å². The van der Waals surface area contributed by atoms with Gasteiger partial charge >= 0.3 is 0 Å². The second-order valence-corrected chi connectivity index (χ2v) is 5.47. The van der Waals surface area contributed by atoms with E-state index in [4.69, 9.17) is 10.5 Å². The summed E-state index contributed by atoms with van der Waals surface area (Å²) in [6.45, 7) is 1.99. The van der Waals surface area contributed by atoms with Gasteiger partial charge in [-0.1, -0.05) is 41.1 Å². The number of para-hydroxylation sites is 1. The lowest BCUT2D eigenvalue weighted by Crippen LogP contribution is -2.09. The van der Waals surface area contributed by atoms with Crippen LogP contribution in [-0.4, -0.2) is 4.92 Å². The average molecular weight is 351 g/mol. The second kappa shape index (κ2) is 6.69. The summed E-state index contributed by atoms with van der Waals surface area (Å²) in [5.41, 5.74) is 6.91. The fourth-order valence-corrected chi connectivity index (χ4v) is 2.40. The van der Waals surface area contributed by atoms with Crippen LogP contribution in [0.4, 0.5) is 5.69 Å². The van der Waals surface area contributed by atoms with Crippen LogP contribution in [0.3, 0.4) is 0 Å². The Balaban J connectivity index is 2.36. The quantitative estimate of drug-likeness (QED) is 0.633. The highest BCUT2D eigenvalue weighted by atomic mass is 79.9. The van der Waals surface area contributed by atoms with Crippen molar-refractivity contribution in [3.63, 3.8) is 0 Å². The maximum Gasteiger partial charge on any atom is 0.274 e. The molecule has 6 heteroatoms. The molecule has 0 aliphatic carbocycles. The molecule has 2 aromatic rings. The largest absolute Gasteiger partial charge is 0.457 e. The van der Waals surface area contributed by atoms with Crippen molar-refractivity contribution in [3.8, 4) is 11.5 Å². The van der Waals surface area contributed by atoms with Crippen LogP contribution < -0.4 is 10.5 Å². The minimum absolute atomic E-state index is 0.0309. The molecule has 1 unspecified atom stereocenters. The summed E-state index contributed by atoms with van der Waals surface area (Å²) in [6, 6.07) is 11.8. The summed E-state index contributed by atoms with van der Waals surface area (Å²) in [6.07, 6.45) is 0.777. The highest BCUT2D eigenvalue weighted by molar-refractivity contribution is 9.10. The molecule has 0 amide bonds. The van der Waals surface area contributed by atoms with E-state index in [0.29, 0.717) is 16.0 Å². The van der Waals surface area contributed by atoms with Gasteiger partial charge in [-0.2, -0.15) is 0 Å². The van der Waals surface area contributed by atoms with Gasteiger partial charge in [-0.05, 0) is 18.6 Å². The zero-order valence-electron chi connectivity index (χ0n) is 11.5. The molecular weight excluding hydrogens is 336 g/mol. The van der Waals surface area contributed by atoms with Crippen molar-refractivity contribution in [1.29, 1.82) is 0 Å². The van der Waals surface area contributed by atoms with E-state index < -0.39 is 4.92 Å². The lowest BCUT2D eigenvalue weighted by Gasteiger charge is -2.15. The molecule has 0 radical (unpaired) electrons. The van der Waals surface area contributed by atoms with Gasteiger partial charge in [0.05, 0.1) is 11.0 Å². The molecule has 21 heavy (non-hydrogen) atoms. The van der Waals surface area contributed by atoms with Gasteiger partial charge in [0.2, 0.25) is 0 Å². The molecule has 110 valence electrons. The fourth-order valence-electron chi connectivity index (χ4n) is 1.94. The smallest absolute Gasteiger partial charge is 0.274 e. The van der Waals surface area contributed by atoms with Crippen molar-refractivity contribution < 1.29 is 9.66 Å². The van der Waals surface area contributed by atoms with Crippen molar-refractivity contribution in [3.05, 3.63) is 62.6 Å². The topological polar surface area (TPSA) is 78.4 Å². The molecule has 5 nitrogen and oxygen atoms in total. The lowest BCUT2D eigenvalue weighted by molar-refractivity contribution is -0.385. The summed E-state index contributed by atoms with van der Waals surface area (Å²) in [4.78, 5) is 10.4. The molecule has 0 saturated heterocycles. The molecule has 2 aromatic carbocycles. The Morgan fingerprint density at radius 2 is 2.05 bits per heavy atom. The number of benzene rings is 2. The molecule has 0 aliphatic heterocycles. The first-order chi connectivity index (χ1) is 10.0. The van der Waals surface area contributed by atoms with Crippen molar-refractivity contribution in [2.24, 2.45) is 5.73 Å². The van der Waals surface area contributed by atoms with Crippen LogP contribution in [0, 0.1) is 10.1 Å². The van der Waals surface area contributed by atoms with E-state index in [2.05, 4.69) is 15.9 Å². The van der Waals surface area contributed by atoms with Gasteiger partial charge < -0.3 is 10.5 Å². The van der Waals surface area contributed by atoms with Gasteiger partial charge in [0.15, 0.2) is 0 Å². The maximum atomic E-state index is 10.9. The predicted octanol–water partition coefficient (Wildman–Crippen LogP) is 4.56. The first-order valence-electron chi connectivity index (χ1n) is 6.48. The normalized spacial score (nSPS) is 12.0. The van der Waals surface area contributed by atoms with E-state index in [1.54, 1.807) is 12.1 Å². The Bertz CT molecular complexity index is 661. The lowest BCUT2D eigenvalue weighted by atomic mass is 10.0. The number of nitrogens with two attached hydrogens (primary N) is 1. The molecular formula is C15H15BrN2O3. The number of rotatable bonds is 5. The standard InChI is InChI=1S/C15H15BrN2O3/c1-2-14(17)13-5-3-4-6-15(13)21-12-8-10(16)7-11(9-12)18(19)20/h3-9,14H,2,17H2,1H3. The fraction of sp³-hybridized carbons (Fsp3) is 0.200. The van der Waals surface area contributed by atoms with Gasteiger partial charge in [0.1, 0.15) is 11.5 Å². The first-order valence-corrected chi connectivity index (χ1v) is 7.28. The summed E-state index contributed by atoms with van der Waals surface area (Å²) in [5.74, 6) is 1.01. The van der Waals surface area contributed by atoms with Crippen LogP contribution in [0.15, 0.2) is 46.9 Å². The Labute approximate surface area is 131 Å². The van der Waals surface area contributed by atoms with E-state index in [1.807, 2.05) is 25.1 Å². The third-order valence-electron chi connectivity index (χ3n) is 3.05. The molecule has 0 fully saturated rings. The molecule has 2 rings (SSSR count). The molecule has 0 heterocycles. The van der Waals surface area contributed by atoms with E-state index in [1.165, 1.54) is 12.1 Å². The van der Waals surface area contributed by atoms with Gasteiger partial charge in [-0.3, -0.25) is 10.1 Å². The number of nitro benzene ring substituents is 1. The van der Waals surface area contributed by atoms with Gasteiger partial charge in [-0.25, -0.2) is 0 Å². The Morgan fingerprint density at radius 3 is 2.71 bits per heavy atom. The van der Waals surface area contributed by atoms with E-state index in [9.17, 15) is 10.1 Å². The average Bonchev–Trinajstić information content (AvgIpc) is 2.46. The number of ether oxygens (including phenoxy) is 1. The Hall–Kier alpha value is -1.92. The molecule has 2 N–H and O–H groups in total. The van der Waals surface area contributed by atoms with Crippen molar-refractivity contribution in [2.45, 2.75) is 19.4 Å². The monoisotopic (exact) mass is 350 g/mol. The molecule has 0 saturated carbocycles. The third-order valence-corrected chi connectivity index (χ3v) is 3.51. The van der Waals surface area contributed by atoms with Crippen LogP contribution in [0.25, 0.3) is 0 Å².